The highest BCUT2D eigenvalue weighted by Gasteiger charge is 2.22. The van der Waals surface area contributed by atoms with Crippen LogP contribution in [-0.2, 0) is 6.42 Å². The van der Waals surface area contributed by atoms with Crippen molar-refractivity contribution in [2.24, 2.45) is 0 Å². The number of ether oxygens (including phenoxy) is 3. The van der Waals surface area contributed by atoms with Crippen LogP contribution in [-0.4, -0.2) is 38.8 Å². The molecule has 142 valence electrons. The predicted octanol–water partition coefficient (Wildman–Crippen LogP) is 3.31. The van der Waals surface area contributed by atoms with Gasteiger partial charge in [-0.3, -0.25) is 4.79 Å². The molecule has 0 aliphatic heterocycles. The molecule has 27 heavy (non-hydrogen) atoms. The van der Waals surface area contributed by atoms with Crippen molar-refractivity contribution >= 4 is 16.8 Å². The molecule has 0 bridgehead atoms. The number of hydrogen-bond acceptors (Lipinski definition) is 4. The molecule has 0 saturated carbocycles. The molecule has 3 aromatic rings. The Morgan fingerprint density at radius 3 is 2.52 bits per heavy atom. The Labute approximate surface area is 156 Å². The van der Waals surface area contributed by atoms with Crippen molar-refractivity contribution in [1.29, 1.82) is 0 Å². The zero-order valence-corrected chi connectivity index (χ0v) is 15.4. The minimum absolute atomic E-state index is 0.280. The zero-order valence-electron chi connectivity index (χ0n) is 15.4. The number of H-pyrrole nitrogens is 1. The lowest BCUT2D eigenvalue weighted by Gasteiger charge is -2.14. The molecule has 0 aliphatic rings. The van der Waals surface area contributed by atoms with Gasteiger partial charge in [-0.15, -0.1) is 0 Å². The first-order valence-corrected chi connectivity index (χ1v) is 8.42. The molecule has 0 radical (unpaired) electrons. The third-order valence-electron chi connectivity index (χ3n) is 4.35. The Hall–Kier alpha value is -3.22. The van der Waals surface area contributed by atoms with E-state index in [-0.39, 0.29) is 11.7 Å². The number of halogens is 1. The van der Waals surface area contributed by atoms with Crippen LogP contribution < -0.4 is 19.5 Å². The van der Waals surface area contributed by atoms with E-state index in [1.54, 1.807) is 30.5 Å². The van der Waals surface area contributed by atoms with Crippen LogP contribution in [0.15, 0.2) is 36.5 Å². The van der Waals surface area contributed by atoms with E-state index >= 15 is 0 Å². The lowest BCUT2D eigenvalue weighted by molar-refractivity contribution is 0.0955. The van der Waals surface area contributed by atoms with Crippen LogP contribution >= 0.6 is 0 Å². The first-order valence-electron chi connectivity index (χ1n) is 8.42. The number of carbonyl (C=O) groups excluding carboxylic acids is 1. The van der Waals surface area contributed by atoms with Gasteiger partial charge in [0.1, 0.15) is 5.82 Å². The van der Waals surface area contributed by atoms with Crippen molar-refractivity contribution in [1.82, 2.24) is 10.3 Å². The lowest BCUT2D eigenvalue weighted by Crippen LogP contribution is -2.25. The van der Waals surface area contributed by atoms with Crippen LogP contribution in [0.4, 0.5) is 4.39 Å². The quantitative estimate of drug-likeness (QED) is 0.667. The standard InChI is InChI=1S/C20H21FN2O4/c1-25-16-10-15-17(19(27-3)18(16)26-2)13(11-23-15)20(24)22-9-8-12-6-4-5-7-14(12)21/h4-7,10-11,23H,8-9H2,1-3H3,(H,22,24). The Kier molecular flexibility index (Phi) is 5.49. The Balaban J connectivity index is 1.85. The highest BCUT2D eigenvalue weighted by atomic mass is 19.1. The fourth-order valence-electron chi connectivity index (χ4n) is 3.05. The summed E-state index contributed by atoms with van der Waals surface area (Å²) in [6.45, 7) is 0.308. The number of methoxy groups -OCH3 is 3. The molecule has 0 spiro atoms. The van der Waals surface area contributed by atoms with Crippen molar-refractivity contribution < 1.29 is 23.4 Å². The monoisotopic (exact) mass is 372 g/mol. The van der Waals surface area contributed by atoms with Gasteiger partial charge in [0.25, 0.3) is 5.91 Å². The first-order chi connectivity index (χ1) is 13.1. The van der Waals surface area contributed by atoms with Gasteiger partial charge in [-0.2, -0.15) is 0 Å². The molecule has 0 aliphatic carbocycles. The van der Waals surface area contributed by atoms with Gasteiger partial charge in [0.2, 0.25) is 5.75 Å². The van der Waals surface area contributed by atoms with Crippen molar-refractivity contribution in [2.75, 3.05) is 27.9 Å². The molecule has 7 heteroatoms. The van der Waals surface area contributed by atoms with E-state index in [0.29, 0.717) is 52.2 Å². The van der Waals surface area contributed by atoms with Crippen molar-refractivity contribution in [3.8, 4) is 17.2 Å². The third kappa shape index (κ3) is 3.53. The molecule has 2 N–H and O–H groups in total. The molecule has 3 rings (SSSR count). The zero-order chi connectivity index (χ0) is 19.4. The number of fused-ring (bicyclic) bond motifs is 1. The second kappa shape index (κ2) is 7.99. The van der Waals surface area contributed by atoms with Crippen LogP contribution in [0.1, 0.15) is 15.9 Å². The lowest BCUT2D eigenvalue weighted by atomic mass is 10.1. The summed E-state index contributed by atoms with van der Waals surface area (Å²) in [5.41, 5.74) is 1.65. The normalized spacial score (nSPS) is 10.7. The Morgan fingerprint density at radius 2 is 1.85 bits per heavy atom. The summed E-state index contributed by atoms with van der Waals surface area (Å²) in [6.07, 6.45) is 2.00. The second-order valence-electron chi connectivity index (χ2n) is 5.87. The molecular formula is C20H21FN2O4. The van der Waals surface area contributed by atoms with E-state index in [4.69, 9.17) is 14.2 Å². The van der Waals surface area contributed by atoms with E-state index < -0.39 is 0 Å². The summed E-state index contributed by atoms with van der Waals surface area (Å²) >= 11 is 0. The van der Waals surface area contributed by atoms with Crippen LogP contribution in [0.25, 0.3) is 10.9 Å². The molecule has 1 heterocycles. The average Bonchev–Trinajstić information content (AvgIpc) is 3.11. The van der Waals surface area contributed by atoms with Gasteiger partial charge in [0.15, 0.2) is 11.5 Å². The number of benzene rings is 2. The van der Waals surface area contributed by atoms with E-state index in [1.807, 2.05) is 0 Å². The molecule has 1 amide bonds. The topological polar surface area (TPSA) is 72.6 Å². The molecular weight excluding hydrogens is 351 g/mol. The van der Waals surface area contributed by atoms with Crippen LogP contribution in [0.3, 0.4) is 0 Å². The number of aromatic nitrogens is 1. The Morgan fingerprint density at radius 1 is 1.11 bits per heavy atom. The number of amides is 1. The van der Waals surface area contributed by atoms with Gasteiger partial charge in [0, 0.05) is 18.8 Å². The average molecular weight is 372 g/mol. The summed E-state index contributed by atoms with van der Waals surface area (Å²) in [6, 6.07) is 8.25. The number of hydrogen-bond donors (Lipinski definition) is 2. The fraction of sp³-hybridized carbons (Fsp3) is 0.250. The van der Waals surface area contributed by atoms with Gasteiger partial charge in [-0.05, 0) is 18.1 Å². The number of nitrogens with one attached hydrogen (secondary N) is 2. The smallest absolute Gasteiger partial charge is 0.253 e. The van der Waals surface area contributed by atoms with Crippen LogP contribution in [0.2, 0.25) is 0 Å². The van der Waals surface area contributed by atoms with E-state index in [1.165, 1.54) is 27.4 Å². The fourth-order valence-corrected chi connectivity index (χ4v) is 3.05. The maximum Gasteiger partial charge on any atom is 0.253 e. The summed E-state index contributed by atoms with van der Waals surface area (Å²) in [4.78, 5) is 15.7. The maximum absolute atomic E-state index is 13.7. The minimum atomic E-state index is -0.289. The van der Waals surface area contributed by atoms with Crippen molar-refractivity contribution in [3.05, 3.63) is 53.5 Å². The van der Waals surface area contributed by atoms with Gasteiger partial charge in [-0.25, -0.2) is 4.39 Å². The first kappa shape index (κ1) is 18.6. The molecule has 6 nitrogen and oxygen atoms in total. The maximum atomic E-state index is 13.7. The SMILES string of the molecule is COc1cc2[nH]cc(C(=O)NCCc3ccccc3F)c2c(OC)c1OC. The largest absolute Gasteiger partial charge is 0.493 e. The molecule has 1 aromatic heterocycles. The minimum Gasteiger partial charge on any atom is -0.493 e. The summed E-state index contributed by atoms with van der Waals surface area (Å²) in [5.74, 6) is 0.746. The molecule has 0 atom stereocenters. The van der Waals surface area contributed by atoms with E-state index in [2.05, 4.69) is 10.3 Å². The number of aromatic amines is 1. The van der Waals surface area contributed by atoms with E-state index in [0.717, 1.165) is 0 Å². The van der Waals surface area contributed by atoms with E-state index in [9.17, 15) is 9.18 Å². The summed E-state index contributed by atoms with van der Waals surface area (Å²) in [5, 5.41) is 3.41. The van der Waals surface area contributed by atoms with Crippen molar-refractivity contribution in [2.45, 2.75) is 6.42 Å². The van der Waals surface area contributed by atoms with Crippen LogP contribution in [0.5, 0.6) is 17.2 Å². The highest BCUT2D eigenvalue weighted by molar-refractivity contribution is 6.10. The molecule has 0 saturated heterocycles. The number of rotatable bonds is 7. The van der Waals surface area contributed by atoms with Gasteiger partial charge < -0.3 is 24.5 Å². The second-order valence-corrected chi connectivity index (χ2v) is 5.87. The van der Waals surface area contributed by atoms with Gasteiger partial charge >= 0.3 is 0 Å². The Bertz CT molecular complexity index is 968. The molecule has 0 unspecified atom stereocenters. The van der Waals surface area contributed by atoms with Gasteiger partial charge in [0.05, 0.1) is 37.8 Å². The van der Waals surface area contributed by atoms with Crippen LogP contribution in [0, 0.1) is 5.82 Å². The molecule has 0 fully saturated rings. The van der Waals surface area contributed by atoms with Crippen molar-refractivity contribution in [3.63, 3.8) is 0 Å². The third-order valence-corrected chi connectivity index (χ3v) is 4.35. The van der Waals surface area contributed by atoms with Gasteiger partial charge in [-0.1, -0.05) is 18.2 Å². The summed E-state index contributed by atoms with van der Waals surface area (Å²) < 4.78 is 29.9. The number of carbonyl (C=O) groups is 1. The predicted molar refractivity (Wildman–Crippen MR) is 100 cm³/mol. The summed E-state index contributed by atoms with van der Waals surface area (Å²) in [7, 11) is 4.54. The molecule has 2 aromatic carbocycles. The highest BCUT2D eigenvalue weighted by Crippen LogP contribution is 2.44.